The highest BCUT2D eigenvalue weighted by molar-refractivity contribution is 4.91. The standard InChI is InChI=1S/C8H16O4/c1-4-3-5(12-2)7(10)8(11)6(4)9/h4-11H,3H2,1-2H3/t4-,5-,6-,7-,8-/m1/s1. The zero-order chi connectivity index (χ0) is 9.30. The van der Waals surface area contributed by atoms with Gasteiger partial charge in [-0.25, -0.2) is 0 Å². The van der Waals surface area contributed by atoms with Crippen LogP contribution in [0.3, 0.4) is 0 Å². The molecule has 0 unspecified atom stereocenters. The lowest BCUT2D eigenvalue weighted by Crippen LogP contribution is -2.53. The van der Waals surface area contributed by atoms with E-state index >= 15 is 0 Å². The van der Waals surface area contributed by atoms with E-state index in [1.54, 1.807) is 0 Å². The molecule has 1 saturated carbocycles. The number of aliphatic hydroxyl groups excluding tert-OH is 3. The van der Waals surface area contributed by atoms with Gasteiger partial charge in [0, 0.05) is 7.11 Å². The minimum absolute atomic E-state index is 0.0339. The lowest BCUT2D eigenvalue weighted by atomic mass is 9.82. The van der Waals surface area contributed by atoms with Gasteiger partial charge in [0.05, 0.1) is 12.2 Å². The van der Waals surface area contributed by atoms with Gasteiger partial charge in [-0.1, -0.05) is 6.92 Å². The lowest BCUT2D eigenvalue weighted by molar-refractivity contribution is -0.162. The van der Waals surface area contributed by atoms with Crippen LogP contribution in [-0.2, 0) is 4.74 Å². The van der Waals surface area contributed by atoms with E-state index in [9.17, 15) is 15.3 Å². The van der Waals surface area contributed by atoms with Gasteiger partial charge in [-0.05, 0) is 12.3 Å². The van der Waals surface area contributed by atoms with Crippen LogP contribution in [0.15, 0.2) is 0 Å². The molecule has 0 radical (unpaired) electrons. The van der Waals surface area contributed by atoms with Gasteiger partial charge in [-0.2, -0.15) is 0 Å². The Hall–Kier alpha value is -0.160. The van der Waals surface area contributed by atoms with E-state index in [-0.39, 0.29) is 12.0 Å². The van der Waals surface area contributed by atoms with Crippen molar-refractivity contribution in [2.75, 3.05) is 7.11 Å². The Balaban J connectivity index is 2.63. The first-order valence-electron chi connectivity index (χ1n) is 4.15. The summed E-state index contributed by atoms with van der Waals surface area (Å²) in [6, 6.07) is 0. The van der Waals surface area contributed by atoms with Crippen molar-refractivity contribution in [2.24, 2.45) is 5.92 Å². The van der Waals surface area contributed by atoms with Gasteiger partial charge in [0.15, 0.2) is 0 Å². The first kappa shape index (κ1) is 9.92. The molecular formula is C8H16O4. The van der Waals surface area contributed by atoms with Crippen LogP contribution >= 0.6 is 0 Å². The summed E-state index contributed by atoms with van der Waals surface area (Å²) in [6.45, 7) is 1.83. The smallest absolute Gasteiger partial charge is 0.109 e. The van der Waals surface area contributed by atoms with Crippen molar-refractivity contribution >= 4 is 0 Å². The topological polar surface area (TPSA) is 69.9 Å². The fourth-order valence-corrected chi connectivity index (χ4v) is 1.64. The average molecular weight is 176 g/mol. The number of hydrogen-bond donors (Lipinski definition) is 3. The Morgan fingerprint density at radius 3 is 2.17 bits per heavy atom. The van der Waals surface area contributed by atoms with E-state index in [0.29, 0.717) is 6.42 Å². The average Bonchev–Trinajstić information content (AvgIpc) is 2.08. The van der Waals surface area contributed by atoms with Crippen molar-refractivity contribution in [3.05, 3.63) is 0 Å². The van der Waals surface area contributed by atoms with Gasteiger partial charge in [0.2, 0.25) is 0 Å². The fraction of sp³-hybridized carbons (Fsp3) is 1.00. The summed E-state index contributed by atoms with van der Waals surface area (Å²) >= 11 is 0. The van der Waals surface area contributed by atoms with Gasteiger partial charge in [-0.3, -0.25) is 0 Å². The molecule has 0 aromatic carbocycles. The normalized spacial score (nSPS) is 49.2. The van der Waals surface area contributed by atoms with E-state index in [4.69, 9.17) is 4.74 Å². The molecule has 4 heteroatoms. The molecule has 4 nitrogen and oxygen atoms in total. The third kappa shape index (κ3) is 1.61. The molecule has 0 aromatic heterocycles. The van der Waals surface area contributed by atoms with Crippen molar-refractivity contribution < 1.29 is 20.1 Å². The van der Waals surface area contributed by atoms with Crippen LogP contribution in [0.25, 0.3) is 0 Å². The summed E-state index contributed by atoms with van der Waals surface area (Å²) < 4.78 is 4.97. The zero-order valence-electron chi connectivity index (χ0n) is 7.34. The second-order valence-electron chi connectivity index (χ2n) is 3.46. The number of hydrogen-bond acceptors (Lipinski definition) is 4. The molecule has 72 valence electrons. The third-order valence-corrected chi connectivity index (χ3v) is 2.57. The summed E-state index contributed by atoms with van der Waals surface area (Å²) in [5.41, 5.74) is 0. The van der Waals surface area contributed by atoms with E-state index < -0.39 is 18.3 Å². The Kier molecular flexibility index (Phi) is 3.06. The van der Waals surface area contributed by atoms with E-state index in [0.717, 1.165) is 0 Å². The molecule has 1 rings (SSSR count). The molecule has 3 N–H and O–H groups in total. The molecular weight excluding hydrogens is 160 g/mol. The molecule has 5 atom stereocenters. The molecule has 0 amide bonds. The maximum Gasteiger partial charge on any atom is 0.109 e. The van der Waals surface area contributed by atoms with Gasteiger partial charge < -0.3 is 20.1 Å². The third-order valence-electron chi connectivity index (χ3n) is 2.57. The van der Waals surface area contributed by atoms with Crippen molar-refractivity contribution in [3.8, 4) is 0 Å². The molecule has 1 aliphatic carbocycles. The maximum absolute atomic E-state index is 9.39. The molecule has 0 bridgehead atoms. The predicted molar refractivity (Wildman–Crippen MR) is 42.6 cm³/mol. The van der Waals surface area contributed by atoms with Gasteiger partial charge >= 0.3 is 0 Å². The number of aliphatic hydroxyl groups is 3. The fourth-order valence-electron chi connectivity index (χ4n) is 1.64. The SMILES string of the molecule is CO[C@@H]1C[C@@H](C)[C@@H](O)[C@@H](O)[C@@H]1O. The van der Waals surface area contributed by atoms with Crippen LogP contribution in [0.5, 0.6) is 0 Å². The molecule has 0 aliphatic heterocycles. The van der Waals surface area contributed by atoms with E-state index in [1.807, 2.05) is 6.92 Å². The predicted octanol–water partition coefficient (Wildman–Crippen LogP) is -0.876. The van der Waals surface area contributed by atoms with Gasteiger partial charge in [0.25, 0.3) is 0 Å². The maximum atomic E-state index is 9.39. The minimum Gasteiger partial charge on any atom is -0.390 e. The Morgan fingerprint density at radius 1 is 1.08 bits per heavy atom. The van der Waals surface area contributed by atoms with Crippen LogP contribution in [-0.4, -0.2) is 46.8 Å². The first-order valence-corrected chi connectivity index (χ1v) is 4.15. The van der Waals surface area contributed by atoms with Crippen LogP contribution in [0.4, 0.5) is 0 Å². The first-order chi connectivity index (χ1) is 5.57. The van der Waals surface area contributed by atoms with Crippen LogP contribution in [0.1, 0.15) is 13.3 Å². The molecule has 0 spiro atoms. The Bertz CT molecular complexity index is 145. The molecule has 1 aliphatic rings. The highest BCUT2D eigenvalue weighted by Crippen LogP contribution is 2.26. The molecule has 0 aromatic rings. The lowest BCUT2D eigenvalue weighted by Gasteiger charge is -2.38. The summed E-state index contributed by atoms with van der Waals surface area (Å²) in [7, 11) is 1.49. The Labute approximate surface area is 71.8 Å². The molecule has 12 heavy (non-hydrogen) atoms. The highest BCUT2D eigenvalue weighted by atomic mass is 16.5. The second-order valence-corrected chi connectivity index (χ2v) is 3.46. The van der Waals surface area contributed by atoms with E-state index in [2.05, 4.69) is 0 Å². The zero-order valence-corrected chi connectivity index (χ0v) is 7.34. The quantitative estimate of drug-likeness (QED) is 0.485. The summed E-state index contributed by atoms with van der Waals surface area (Å²) in [5, 5.41) is 28.1. The van der Waals surface area contributed by atoms with Gasteiger partial charge in [0.1, 0.15) is 12.2 Å². The molecule has 1 fully saturated rings. The largest absolute Gasteiger partial charge is 0.390 e. The van der Waals surface area contributed by atoms with Crippen molar-refractivity contribution in [1.82, 2.24) is 0 Å². The summed E-state index contributed by atoms with van der Waals surface area (Å²) in [4.78, 5) is 0. The monoisotopic (exact) mass is 176 g/mol. The second kappa shape index (κ2) is 3.70. The number of methoxy groups -OCH3 is 1. The Morgan fingerprint density at radius 2 is 1.67 bits per heavy atom. The van der Waals surface area contributed by atoms with Gasteiger partial charge in [-0.15, -0.1) is 0 Å². The van der Waals surface area contributed by atoms with Crippen LogP contribution in [0.2, 0.25) is 0 Å². The van der Waals surface area contributed by atoms with Crippen LogP contribution in [0, 0.1) is 5.92 Å². The summed E-state index contributed by atoms with van der Waals surface area (Å²) in [6.07, 6.45) is -2.68. The number of rotatable bonds is 1. The molecule has 0 saturated heterocycles. The minimum atomic E-state index is -1.08. The van der Waals surface area contributed by atoms with Crippen molar-refractivity contribution in [1.29, 1.82) is 0 Å². The molecule has 0 heterocycles. The van der Waals surface area contributed by atoms with Crippen LogP contribution < -0.4 is 0 Å². The van der Waals surface area contributed by atoms with Crippen molar-refractivity contribution in [3.63, 3.8) is 0 Å². The summed E-state index contributed by atoms with van der Waals surface area (Å²) in [5.74, 6) is -0.0339. The van der Waals surface area contributed by atoms with Crippen molar-refractivity contribution in [2.45, 2.75) is 37.8 Å². The van der Waals surface area contributed by atoms with E-state index in [1.165, 1.54) is 7.11 Å². The number of ether oxygens (including phenoxy) is 1. The highest BCUT2D eigenvalue weighted by Gasteiger charge is 2.40.